The minimum Gasteiger partial charge on any atom is -0.340 e. The number of nitrogens with one attached hydrogen (secondary N) is 2. The van der Waals surface area contributed by atoms with E-state index in [9.17, 15) is 4.79 Å². The molecule has 0 radical (unpaired) electrons. The minimum atomic E-state index is -0.240. The molecular formula is C19H15Cl2N3O. The molecule has 0 saturated carbocycles. The molecule has 0 aliphatic heterocycles. The molecule has 2 N–H and O–H groups in total. The van der Waals surface area contributed by atoms with Gasteiger partial charge >= 0.3 is 0 Å². The number of hydrogen-bond acceptors (Lipinski definition) is 3. The average molecular weight is 372 g/mol. The van der Waals surface area contributed by atoms with Crippen molar-refractivity contribution in [1.29, 1.82) is 0 Å². The molecule has 0 spiro atoms. The molecule has 0 aliphatic carbocycles. The monoisotopic (exact) mass is 371 g/mol. The van der Waals surface area contributed by atoms with Gasteiger partial charge in [-0.2, -0.15) is 0 Å². The molecule has 0 atom stereocenters. The van der Waals surface area contributed by atoms with Crippen LogP contribution in [0.3, 0.4) is 0 Å². The first-order valence-corrected chi connectivity index (χ1v) is 8.33. The summed E-state index contributed by atoms with van der Waals surface area (Å²) in [7, 11) is 0. The molecule has 0 fully saturated rings. The highest BCUT2D eigenvalue weighted by molar-refractivity contribution is 6.31. The Balaban J connectivity index is 1.67. The lowest BCUT2D eigenvalue weighted by Gasteiger charge is -2.09. The zero-order chi connectivity index (χ0) is 17.8. The van der Waals surface area contributed by atoms with E-state index in [-0.39, 0.29) is 5.91 Å². The predicted molar refractivity (Wildman–Crippen MR) is 103 cm³/mol. The normalized spacial score (nSPS) is 10.4. The number of pyridine rings is 1. The quantitative estimate of drug-likeness (QED) is 0.618. The van der Waals surface area contributed by atoms with Crippen molar-refractivity contribution in [3.05, 3.63) is 82.0 Å². The van der Waals surface area contributed by atoms with Crippen LogP contribution in [0.15, 0.2) is 60.8 Å². The number of aryl methyl sites for hydroxylation is 1. The van der Waals surface area contributed by atoms with E-state index < -0.39 is 0 Å². The molecule has 3 aromatic rings. The zero-order valence-electron chi connectivity index (χ0n) is 13.4. The van der Waals surface area contributed by atoms with Crippen LogP contribution in [0.4, 0.5) is 17.2 Å². The molecule has 1 aromatic heterocycles. The van der Waals surface area contributed by atoms with Crippen LogP contribution in [0.5, 0.6) is 0 Å². The summed E-state index contributed by atoms with van der Waals surface area (Å²) in [6, 6.07) is 16.0. The highest BCUT2D eigenvalue weighted by Gasteiger charge is 2.07. The van der Waals surface area contributed by atoms with Crippen LogP contribution in [0.25, 0.3) is 0 Å². The topological polar surface area (TPSA) is 54.0 Å². The number of rotatable bonds is 4. The lowest BCUT2D eigenvalue weighted by atomic mass is 10.2. The molecule has 126 valence electrons. The Kier molecular flexibility index (Phi) is 5.22. The number of carbonyl (C=O) groups excluding carboxylic acids is 1. The third kappa shape index (κ3) is 4.50. The number of hydrogen-bond donors (Lipinski definition) is 2. The molecule has 25 heavy (non-hydrogen) atoms. The van der Waals surface area contributed by atoms with E-state index in [1.54, 1.807) is 42.6 Å². The lowest BCUT2D eigenvalue weighted by Crippen LogP contribution is -2.12. The van der Waals surface area contributed by atoms with Crippen LogP contribution in [0.2, 0.25) is 10.0 Å². The van der Waals surface area contributed by atoms with Gasteiger partial charge < -0.3 is 10.6 Å². The van der Waals surface area contributed by atoms with Crippen molar-refractivity contribution in [3.8, 4) is 0 Å². The molecule has 1 heterocycles. The SMILES string of the molecule is Cc1ccc(Nc2ccc(NC(=O)c3cccc(Cl)c3)cn2)cc1Cl. The van der Waals surface area contributed by atoms with Crippen molar-refractivity contribution in [1.82, 2.24) is 4.98 Å². The third-order valence-corrected chi connectivity index (χ3v) is 4.19. The largest absolute Gasteiger partial charge is 0.340 e. The van der Waals surface area contributed by atoms with E-state index in [1.807, 2.05) is 25.1 Å². The number of amides is 1. The summed E-state index contributed by atoms with van der Waals surface area (Å²) in [6.45, 7) is 1.95. The second kappa shape index (κ2) is 7.55. The minimum absolute atomic E-state index is 0.240. The van der Waals surface area contributed by atoms with Crippen LogP contribution in [-0.2, 0) is 0 Å². The van der Waals surface area contributed by atoms with Gasteiger partial charge in [-0.1, -0.05) is 35.3 Å². The van der Waals surface area contributed by atoms with E-state index in [4.69, 9.17) is 23.2 Å². The molecule has 1 amide bonds. The summed E-state index contributed by atoms with van der Waals surface area (Å²) in [6.07, 6.45) is 1.58. The third-order valence-electron chi connectivity index (χ3n) is 3.55. The van der Waals surface area contributed by atoms with Gasteiger partial charge in [-0.05, 0) is 55.0 Å². The summed E-state index contributed by atoms with van der Waals surface area (Å²) in [5.41, 5.74) is 2.94. The first-order chi connectivity index (χ1) is 12.0. The van der Waals surface area contributed by atoms with Crippen molar-refractivity contribution >= 4 is 46.3 Å². The molecule has 0 unspecified atom stereocenters. The maximum atomic E-state index is 12.2. The maximum Gasteiger partial charge on any atom is 0.255 e. The zero-order valence-corrected chi connectivity index (χ0v) is 14.9. The van der Waals surface area contributed by atoms with Gasteiger partial charge in [0.2, 0.25) is 0 Å². The maximum absolute atomic E-state index is 12.2. The van der Waals surface area contributed by atoms with Crippen LogP contribution < -0.4 is 10.6 Å². The van der Waals surface area contributed by atoms with Crippen LogP contribution in [-0.4, -0.2) is 10.9 Å². The summed E-state index contributed by atoms with van der Waals surface area (Å²) < 4.78 is 0. The van der Waals surface area contributed by atoms with Gasteiger partial charge in [-0.25, -0.2) is 4.98 Å². The fourth-order valence-electron chi connectivity index (χ4n) is 2.19. The first-order valence-electron chi connectivity index (χ1n) is 7.57. The molecule has 2 aromatic carbocycles. The summed E-state index contributed by atoms with van der Waals surface area (Å²) in [5, 5.41) is 7.16. The fourth-order valence-corrected chi connectivity index (χ4v) is 2.56. The van der Waals surface area contributed by atoms with Crippen molar-refractivity contribution in [2.75, 3.05) is 10.6 Å². The van der Waals surface area contributed by atoms with Gasteiger partial charge in [-0.3, -0.25) is 4.79 Å². The summed E-state index contributed by atoms with van der Waals surface area (Å²) in [4.78, 5) is 16.5. The van der Waals surface area contributed by atoms with Crippen molar-refractivity contribution in [2.24, 2.45) is 0 Å². The van der Waals surface area contributed by atoms with Gasteiger partial charge in [0.05, 0.1) is 11.9 Å². The summed E-state index contributed by atoms with van der Waals surface area (Å²) in [5.74, 6) is 0.413. The Morgan fingerprint density at radius 2 is 1.80 bits per heavy atom. The molecular weight excluding hydrogens is 357 g/mol. The molecule has 3 rings (SSSR count). The molecule has 4 nitrogen and oxygen atoms in total. The van der Waals surface area contributed by atoms with Gasteiger partial charge in [0.25, 0.3) is 5.91 Å². The van der Waals surface area contributed by atoms with Crippen LogP contribution >= 0.6 is 23.2 Å². The Morgan fingerprint density at radius 3 is 2.48 bits per heavy atom. The number of halogens is 2. The summed E-state index contributed by atoms with van der Waals surface area (Å²) >= 11 is 12.0. The number of carbonyl (C=O) groups is 1. The number of aromatic nitrogens is 1. The van der Waals surface area contributed by atoms with Gasteiger partial charge in [0.1, 0.15) is 5.82 Å². The Labute approximate surface area is 155 Å². The number of benzene rings is 2. The van der Waals surface area contributed by atoms with Crippen molar-refractivity contribution < 1.29 is 4.79 Å². The van der Waals surface area contributed by atoms with E-state index in [0.29, 0.717) is 27.1 Å². The average Bonchev–Trinajstić information content (AvgIpc) is 2.60. The van der Waals surface area contributed by atoms with Crippen molar-refractivity contribution in [2.45, 2.75) is 6.92 Å². The van der Waals surface area contributed by atoms with E-state index in [2.05, 4.69) is 15.6 Å². The smallest absolute Gasteiger partial charge is 0.255 e. The number of nitrogens with zero attached hydrogens (tertiary/aromatic N) is 1. The predicted octanol–water partition coefficient (Wildman–Crippen LogP) is 5.69. The van der Waals surface area contributed by atoms with E-state index in [1.165, 1.54) is 0 Å². The Morgan fingerprint density at radius 1 is 1.00 bits per heavy atom. The second-order valence-corrected chi connectivity index (χ2v) is 6.33. The van der Waals surface area contributed by atoms with Crippen LogP contribution in [0.1, 0.15) is 15.9 Å². The van der Waals surface area contributed by atoms with E-state index in [0.717, 1.165) is 11.3 Å². The Hall–Kier alpha value is -2.56. The van der Waals surface area contributed by atoms with Crippen molar-refractivity contribution in [3.63, 3.8) is 0 Å². The van der Waals surface area contributed by atoms with Gasteiger partial charge in [0.15, 0.2) is 0 Å². The van der Waals surface area contributed by atoms with E-state index >= 15 is 0 Å². The molecule has 6 heteroatoms. The Bertz CT molecular complexity index is 911. The molecule has 0 bridgehead atoms. The standard InChI is InChI=1S/C19H15Cl2N3O/c1-12-5-6-15(10-17(12)21)23-18-8-7-16(11-22-18)24-19(25)13-3-2-4-14(20)9-13/h2-11H,1H3,(H,22,23)(H,24,25). The highest BCUT2D eigenvalue weighted by atomic mass is 35.5. The van der Waals surface area contributed by atoms with Gasteiger partial charge in [0, 0.05) is 21.3 Å². The van der Waals surface area contributed by atoms with Crippen LogP contribution in [0, 0.1) is 6.92 Å². The highest BCUT2D eigenvalue weighted by Crippen LogP contribution is 2.23. The first kappa shape index (κ1) is 17.3. The second-order valence-electron chi connectivity index (χ2n) is 5.49. The lowest BCUT2D eigenvalue weighted by molar-refractivity contribution is 0.102. The molecule has 0 aliphatic rings. The fraction of sp³-hybridized carbons (Fsp3) is 0.0526. The number of anilines is 3. The van der Waals surface area contributed by atoms with Gasteiger partial charge in [-0.15, -0.1) is 0 Å². The molecule has 0 saturated heterocycles.